The lowest BCUT2D eigenvalue weighted by atomic mass is 9.96. The number of aryl methyl sites for hydroxylation is 1. The van der Waals surface area contributed by atoms with E-state index in [1.807, 2.05) is 0 Å². The second-order valence-corrected chi connectivity index (χ2v) is 8.44. The molecule has 0 aliphatic carbocycles. The Morgan fingerprint density at radius 3 is 1.67 bits per heavy atom. The quantitative estimate of drug-likeness (QED) is 0.286. The number of rotatable bonds is 12. The average Bonchev–Trinajstić information content (AvgIpc) is 2.52. The van der Waals surface area contributed by atoms with Crippen molar-refractivity contribution in [3.05, 3.63) is 28.8 Å². The SMILES string of the molecule is CCCCCCCCCCCCc1ccc([N+](C)(C)C)c(C)c1C. The molecule has 0 heterocycles. The Hall–Kier alpha value is -0.820. The van der Waals surface area contributed by atoms with Gasteiger partial charge in [-0.3, -0.25) is 4.48 Å². The monoisotopic (exact) mass is 332 g/mol. The first-order valence-electron chi connectivity index (χ1n) is 10.3. The van der Waals surface area contributed by atoms with Crippen LogP contribution in [-0.2, 0) is 6.42 Å². The molecular formula is C23H42N+. The molecule has 0 saturated carbocycles. The molecule has 138 valence electrons. The van der Waals surface area contributed by atoms with Crippen LogP contribution in [0.5, 0.6) is 0 Å². The van der Waals surface area contributed by atoms with Crippen LogP contribution in [-0.4, -0.2) is 21.1 Å². The van der Waals surface area contributed by atoms with Crippen molar-refractivity contribution in [3.8, 4) is 0 Å². The van der Waals surface area contributed by atoms with Crippen molar-refractivity contribution in [1.29, 1.82) is 0 Å². The number of quaternary nitrogens is 1. The van der Waals surface area contributed by atoms with Gasteiger partial charge in [0.1, 0.15) is 5.69 Å². The maximum Gasteiger partial charge on any atom is 0.135 e. The van der Waals surface area contributed by atoms with E-state index >= 15 is 0 Å². The van der Waals surface area contributed by atoms with Crippen LogP contribution in [0.15, 0.2) is 12.1 Å². The third kappa shape index (κ3) is 7.38. The molecular weight excluding hydrogens is 290 g/mol. The fraction of sp³-hybridized carbons (Fsp3) is 0.739. The van der Waals surface area contributed by atoms with E-state index in [2.05, 4.69) is 54.0 Å². The summed E-state index contributed by atoms with van der Waals surface area (Å²) in [5.41, 5.74) is 5.99. The molecule has 1 aromatic rings. The normalized spacial score (nSPS) is 11.9. The molecule has 0 atom stereocenters. The van der Waals surface area contributed by atoms with E-state index in [1.54, 1.807) is 5.56 Å². The summed E-state index contributed by atoms with van der Waals surface area (Å²) in [5.74, 6) is 0. The summed E-state index contributed by atoms with van der Waals surface area (Å²) in [6.45, 7) is 6.88. The summed E-state index contributed by atoms with van der Waals surface area (Å²) in [6, 6.07) is 4.71. The first-order chi connectivity index (χ1) is 11.4. The van der Waals surface area contributed by atoms with Gasteiger partial charge in [-0.25, -0.2) is 0 Å². The first kappa shape index (κ1) is 21.2. The zero-order chi connectivity index (χ0) is 18.0. The van der Waals surface area contributed by atoms with Crippen molar-refractivity contribution >= 4 is 5.69 Å². The zero-order valence-electron chi connectivity index (χ0n) is 17.4. The standard InChI is InChI=1S/C23H42N/c1-7-8-9-10-11-12-13-14-15-16-17-22-18-19-23(24(4,5)6)21(3)20(22)2/h18-19H,7-17H2,1-6H3/q+1. The van der Waals surface area contributed by atoms with Crippen molar-refractivity contribution in [3.63, 3.8) is 0 Å². The Bertz CT molecular complexity index is 468. The van der Waals surface area contributed by atoms with Gasteiger partial charge >= 0.3 is 0 Å². The Kier molecular flexibility index (Phi) is 9.66. The van der Waals surface area contributed by atoms with Crippen LogP contribution in [0.1, 0.15) is 87.8 Å². The van der Waals surface area contributed by atoms with Crippen molar-refractivity contribution < 1.29 is 0 Å². The maximum absolute atomic E-state index is 2.37. The van der Waals surface area contributed by atoms with Crippen molar-refractivity contribution in [2.24, 2.45) is 0 Å². The van der Waals surface area contributed by atoms with Gasteiger partial charge in [0.15, 0.2) is 0 Å². The molecule has 0 spiro atoms. The van der Waals surface area contributed by atoms with E-state index in [4.69, 9.17) is 0 Å². The summed E-state index contributed by atoms with van der Waals surface area (Å²) in [6.07, 6.45) is 15.4. The van der Waals surface area contributed by atoms with Gasteiger partial charge in [0, 0.05) is 5.56 Å². The highest BCUT2D eigenvalue weighted by Crippen LogP contribution is 2.28. The molecule has 0 aliphatic heterocycles. The lowest BCUT2D eigenvalue weighted by Crippen LogP contribution is -2.35. The van der Waals surface area contributed by atoms with E-state index in [0.29, 0.717) is 0 Å². The van der Waals surface area contributed by atoms with Crippen LogP contribution < -0.4 is 4.48 Å². The molecule has 0 bridgehead atoms. The minimum atomic E-state index is 0.908. The second-order valence-electron chi connectivity index (χ2n) is 8.44. The topological polar surface area (TPSA) is 0 Å². The van der Waals surface area contributed by atoms with Gasteiger partial charge in [-0.1, -0.05) is 70.8 Å². The Balaban J connectivity index is 2.25. The van der Waals surface area contributed by atoms with Gasteiger partial charge in [-0.05, 0) is 43.9 Å². The number of hydrogen-bond acceptors (Lipinski definition) is 0. The van der Waals surface area contributed by atoms with E-state index in [0.717, 1.165) is 4.48 Å². The number of nitrogens with zero attached hydrogens (tertiary/aromatic N) is 1. The Morgan fingerprint density at radius 1 is 0.667 bits per heavy atom. The summed E-state index contributed by atoms with van der Waals surface area (Å²) in [7, 11) is 6.76. The summed E-state index contributed by atoms with van der Waals surface area (Å²) < 4.78 is 0.908. The Morgan fingerprint density at radius 2 is 1.17 bits per heavy atom. The van der Waals surface area contributed by atoms with Crippen LogP contribution in [0.2, 0.25) is 0 Å². The maximum atomic E-state index is 2.37. The van der Waals surface area contributed by atoms with Gasteiger partial charge in [0.05, 0.1) is 21.1 Å². The molecule has 0 N–H and O–H groups in total. The molecule has 0 amide bonds. The summed E-state index contributed by atoms with van der Waals surface area (Å²) >= 11 is 0. The number of hydrogen-bond donors (Lipinski definition) is 0. The predicted octanol–water partition coefficient (Wildman–Crippen LogP) is 6.96. The van der Waals surface area contributed by atoms with E-state index < -0.39 is 0 Å². The molecule has 0 aliphatic rings. The lowest BCUT2D eigenvalue weighted by molar-refractivity contribution is 0.483. The predicted molar refractivity (Wildman–Crippen MR) is 111 cm³/mol. The fourth-order valence-electron chi connectivity index (χ4n) is 3.66. The molecule has 24 heavy (non-hydrogen) atoms. The van der Waals surface area contributed by atoms with Crippen LogP contribution in [0, 0.1) is 13.8 Å². The minimum Gasteiger partial charge on any atom is -0.298 e. The highest BCUT2D eigenvalue weighted by Gasteiger charge is 2.17. The number of unbranched alkanes of at least 4 members (excludes halogenated alkanes) is 9. The molecule has 0 unspecified atom stereocenters. The lowest BCUT2D eigenvalue weighted by Gasteiger charge is -2.26. The van der Waals surface area contributed by atoms with Gasteiger partial charge in [0.25, 0.3) is 0 Å². The van der Waals surface area contributed by atoms with Crippen LogP contribution >= 0.6 is 0 Å². The fourth-order valence-corrected chi connectivity index (χ4v) is 3.66. The molecule has 0 aromatic heterocycles. The Labute approximate surface area is 152 Å². The highest BCUT2D eigenvalue weighted by molar-refractivity contribution is 5.54. The molecule has 1 heteroatoms. The van der Waals surface area contributed by atoms with Gasteiger partial charge in [-0.15, -0.1) is 0 Å². The highest BCUT2D eigenvalue weighted by atomic mass is 15.3. The largest absolute Gasteiger partial charge is 0.298 e. The third-order valence-corrected chi connectivity index (χ3v) is 5.39. The van der Waals surface area contributed by atoms with Crippen LogP contribution in [0.3, 0.4) is 0 Å². The average molecular weight is 333 g/mol. The number of benzene rings is 1. The molecule has 1 aromatic carbocycles. The molecule has 0 fully saturated rings. The first-order valence-corrected chi connectivity index (χ1v) is 10.3. The second kappa shape index (κ2) is 10.9. The molecule has 1 nitrogen and oxygen atoms in total. The zero-order valence-corrected chi connectivity index (χ0v) is 17.4. The van der Waals surface area contributed by atoms with Crippen LogP contribution in [0.4, 0.5) is 5.69 Å². The van der Waals surface area contributed by atoms with Crippen molar-refractivity contribution in [2.75, 3.05) is 21.1 Å². The summed E-state index contributed by atoms with van der Waals surface area (Å²) in [5, 5.41) is 0. The van der Waals surface area contributed by atoms with E-state index in [1.165, 1.54) is 87.4 Å². The van der Waals surface area contributed by atoms with Crippen molar-refractivity contribution in [1.82, 2.24) is 4.48 Å². The van der Waals surface area contributed by atoms with Gasteiger partial charge in [0.2, 0.25) is 0 Å². The van der Waals surface area contributed by atoms with E-state index in [9.17, 15) is 0 Å². The van der Waals surface area contributed by atoms with Crippen LogP contribution in [0.25, 0.3) is 0 Å². The third-order valence-electron chi connectivity index (χ3n) is 5.39. The molecule has 0 saturated heterocycles. The van der Waals surface area contributed by atoms with Crippen molar-refractivity contribution in [2.45, 2.75) is 91.4 Å². The van der Waals surface area contributed by atoms with Gasteiger partial charge in [-0.2, -0.15) is 0 Å². The van der Waals surface area contributed by atoms with E-state index in [-0.39, 0.29) is 0 Å². The molecule has 0 radical (unpaired) electrons. The summed E-state index contributed by atoms with van der Waals surface area (Å²) in [4.78, 5) is 0. The minimum absolute atomic E-state index is 0.908. The smallest absolute Gasteiger partial charge is 0.135 e. The van der Waals surface area contributed by atoms with Gasteiger partial charge < -0.3 is 0 Å². The molecule has 1 rings (SSSR count).